The van der Waals surface area contributed by atoms with Crippen LogP contribution in [0.2, 0.25) is 0 Å². The lowest BCUT2D eigenvalue weighted by molar-refractivity contribution is 0.277. The Morgan fingerprint density at radius 2 is 2.16 bits per heavy atom. The summed E-state index contributed by atoms with van der Waals surface area (Å²) in [5, 5.41) is 8.01. The van der Waals surface area contributed by atoms with E-state index in [2.05, 4.69) is 26.2 Å². The lowest BCUT2D eigenvalue weighted by Crippen LogP contribution is -2.38. The first-order valence-corrected chi connectivity index (χ1v) is 7.25. The highest BCUT2D eigenvalue weighted by Crippen LogP contribution is 2.28. The molecule has 0 atom stereocenters. The molecule has 3 rings (SSSR count). The number of allylic oxidation sites excluding steroid dienone is 1. The molecule has 0 unspecified atom stereocenters. The second-order valence-corrected chi connectivity index (χ2v) is 5.17. The minimum atomic E-state index is 0.287. The molecule has 0 aliphatic carbocycles. The van der Waals surface area contributed by atoms with Crippen LogP contribution in [0.1, 0.15) is 43.4 Å². The van der Waals surface area contributed by atoms with Gasteiger partial charge in [0.15, 0.2) is 0 Å². The van der Waals surface area contributed by atoms with Crippen molar-refractivity contribution < 1.29 is 4.42 Å². The number of aliphatic imine (C=N–C) groups is 1. The Kier molecular flexibility index (Phi) is 3.82. The standard InChI is InChI=1S/C13H17ClN4O/c14-9-12-16-17-13(19-12)10-4-7-18(8-5-10)11-3-1-2-6-15-11/h2,6,10H,1,3-5,7-9H2. The number of aromatic nitrogens is 2. The van der Waals surface area contributed by atoms with Gasteiger partial charge in [-0.05, 0) is 19.3 Å². The first-order valence-electron chi connectivity index (χ1n) is 6.71. The molecule has 6 heteroatoms. The van der Waals surface area contributed by atoms with Gasteiger partial charge >= 0.3 is 0 Å². The Morgan fingerprint density at radius 3 is 2.79 bits per heavy atom. The molecule has 2 aliphatic heterocycles. The maximum atomic E-state index is 5.68. The molecule has 2 aliphatic rings. The Morgan fingerprint density at radius 1 is 1.32 bits per heavy atom. The summed E-state index contributed by atoms with van der Waals surface area (Å²) in [6, 6.07) is 0. The van der Waals surface area contributed by atoms with Gasteiger partial charge in [-0.15, -0.1) is 21.8 Å². The Bertz CT molecular complexity index is 489. The number of hydrogen-bond donors (Lipinski definition) is 0. The summed E-state index contributed by atoms with van der Waals surface area (Å²) in [5.74, 6) is 3.12. The summed E-state index contributed by atoms with van der Waals surface area (Å²) >= 11 is 5.68. The van der Waals surface area contributed by atoms with Crippen LogP contribution in [0.4, 0.5) is 0 Å². The number of likely N-dealkylation sites (tertiary alicyclic amines) is 1. The highest BCUT2D eigenvalue weighted by molar-refractivity contribution is 6.16. The van der Waals surface area contributed by atoms with Crippen molar-refractivity contribution in [3.63, 3.8) is 0 Å². The van der Waals surface area contributed by atoms with E-state index in [0.717, 1.165) is 44.7 Å². The SMILES string of the molecule is ClCc1nnc(C2CCN(C3=NC=CCC3)CC2)o1. The molecule has 1 saturated heterocycles. The van der Waals surface area contributed by atoms with Crippen molar-refractivity contribution in [3.8, 4) is 0 Å². The van der Waals surface area contributed by atoms with Crippen LogP contribution in [0.25, 0.3) is 0 Å². The first kappa shape index (κ1) is 12.7. The molecule has 102 valence electrons. The lowest BCUT2D eigenvalue weighted by atomic mass is 9.96. The average molecular weight is 281 g/mol. The summed E-state index contributed by atoms with van der Waals surface area (Å²) < 4.78 is 5.54. The van der Waals surface area contributed by atoms with Crippen molar-refractivity contribution in [2.45, 2.75) is 37.5 Å². The molecule has 0 aromatic carbocycles. The van der Waals surface area contributed by atoms with E-state index in [9.17, 15) is 0 Å². The molecular weight excluding hydrogens is 264 g/mol. The van der Waals surface area contributed by atoms with Gasteiger partial charge in [-0.3, -0.25) is 0 Å². The van der Waals surface area contributed by atoms with Crippen molar-refractivity contribution in [2.75, 3.05) is 13.1 Å². The Hall–Kier alpha value is -1.36. The fourth-order valence-electron chi connectivity index (χ4n) is 2.60. The van der Waals surface area contributed by atoms with Gasteiger partial charge in [0.1, 0.15) is 11.7 Å². The normalized spacial score (nSPS) is 20.7. The third-order valence-corrected chi connectivity index (χ3v) is 3.90. The maximum Gasteiger partial charge on any atom is 0.231 e. The fraction of sp³-hybridized carbons (Fsp3) is 0.615. The third-order valence-electron chi connectivity index (χ3n) is 3.67. The molecule has 1 fully saturated rings. The smallest absolute Gasteiger partial charge is 0.231 e. The van der Waals surface area contributed by atoms with Crippen LogP contribution in [0.3, 0.4) is 0 Å². The van der Waals surface area contributed by atoms with E-state index in [1.807, 2.05) is 6.20 Å². The van der Waals surface area contributed by atoms with Crippen molar-refractivity contribution in [1.29, 1.82) is 0 Å². The van der Waals surface area contributed by atoms with Crippen LogP contribution in [0.15, 0.2) is 21.7 Å². The van der Waals surface area contributed by atoms with E-state index in [-0.39, 0.29) is 5.88 Å². The predicted octanol–water partition coefficient (Wildman–Crippen LogP) is 2.69. The average Bonchev–Trinajstić information content (AvgIpc) is 2.97. The third kappa shape index (κ3) is 2.81. The van der Waals surface area contributed by atoms with Gasteiger partial charge in [0, 0.05) is 31.6 Å². The summed E-state index contributed by atoms with van der Waals surface area (Å²) in [4.78, 5) is 6.84. The molecule has 0 N–H and O–H groups in total. The van der Waals surface area contributed by atoms with E-state index < -0.39 is 0 Å². The minimum absolute atomic E-state index is 0.287. The molecule has 0 saturated carbocycles. The van der Waals surface area contributed by atoms with Gasteiger partial charge in [0.2, 0.25) is 11.8 Å². The zero-order valence-electron chi connectivity index (χ0n) is 10.8. The second-order valence-electron chi connectivity index (χ2n) is 4.90. The molecule has 19 heavy (non-hydrogen) atoms. The number of piperidine rings is 1. The summed E-state index contributed by atoms with van der Waals surface area (Å²) in [7, 11) is 0. The number of halogens is 1. The molecular formula is C13H17ClN4O. The second kappa shape index (κ2) is 5.74. The van der Waals surface area contributed by atoms with Gasteiger partial charge in [-0.25, -0.2) is 4.99 Å². The van der Waals surface area contributed by atoms with Crippen molar-refractivity contribution in [3.05, 3.63) is 24.1 Å². The first-order chi connectivity index (χ1) is 9.36. The van der Waals surface area contributed by atoms with Gasteiger partial charge in [0.05, 0.1) is 0 Å². The molecule has 0 amide bonds. The molecule has 5 nitrogen and oxygen atoms in total. The zero-order chi connectivity index (χ0) is 13.1. The number of alkyl halides is 1. The van der Waals surface area contributed by atoms with Crippen LogP contribution in [0.5, 0.6) is 0 Å². The minimum Gasteiger partial charge on any atom is -0.424 e. The van der Waals surface area contributed by atoms with Crippen LogP contribution in [-0.4, -0.2) is 34.0 Å². The molecule has 3 heterocycles. The zero-order valence-corrected chi connectivity index (χ0v) is 11.5. The van der Waals surface area contributed by atoms with E-state index >= 15 is 0 Å². The van der Waals surface area contributed by atoms with Gasteiger partial charge in [-0.2, -0.15) is 0 Å². The van der Waals surface area contributed by atoms with Gasteiger partial charge in [-0.1, -0.05) is 6.08 Å². The van der Waals surface area contributed by atoms with Crippen LogP contribution in [-0.2, 0) is 5.88 Å². The quantitative estimate of drug-likeness (QED) is 0.782. The highest BCUT2D eigenvalue weighted by Gasteiger charge is 2.26. The van der Waals surface area contributed by atoms with Crippen molar-refractivity contribution in [1.82, 2.24) is 15.1 Å². The van der Waals surface area contributed by atoms with E-state index in [4.69, 9.17) is 16.0 Å². The number of rotatable bonds is 2. The Labute approximate surface area is 117 Å². The van der Waals surface area contributed by atoms with Crippen LogP contribution in [0, 0.1) is 0 Å². The van der Waals surface area contributed by atoms with Crippen LogP contribution < -0.4 is 0 Å². The summed E-state index contributed by atoms with van der Waals surface area (Å²) in [6.45, 7) is 2.02. The number of amidine groups is 1. The number of hydrogen-bond acceptors (Lipinski definition) is 5. The molecule has 0 radical (unpaired) electrons. The van der Waals surface area contributed by atoms with Crippen molar-refractivity contribution >= 4 is 17.4 Å². The topological polar surface area (TPSA) is 54.5 Å². The predicted molar refractivity (Wildman–Crippen MR) is 73.2 cm³/mol. The monoisotopic (exact) mass is 280 g/mol. The van der Waals surface area contributed by atoms with Gasteiger partial charge < -0.3 is 9.32 Å². The molecule has 0 spiro atoms. The highest BCUT2D eigenvalue weighted by atomic mass is 35.5. The summed E-state index contributed by atoms with van der Waals surface area (Å²) in [6.07, 6.45) is 8.25. The molecule has 1 aromatic rings. The Balaban J connectivity index is 1.60. The van der Waals surface area contributed by atoms with E-state index in [1.54, 1.807) is 0 Å². The lowest BCUT2D eigenvalue weighted by Gasteiger charge is -2.33. The molecule has 0 bridgehead atoms. The van der Waals surface area contributed by atoms with E-state index in [0.29, 0.717) is 11.8 Å². The summed E-state index contributed by atoms with van der Waals surface area (Å²) in [5.41, 5.74) is 0. The number of nitrogens with zero attached hydrogens (tertiary/aromatic N) is 4. The van der Waals surface area contributed by atoms with Crippen molar-refractivity contribution in [2.24, 2.45) is 4.99 Å². The van der Waals surface area contributed by atoms with Gasteiger partial charge in [0.25, 0.3) is 0 Å². The maximum absolute atomic E-state index is 5.68. The van der Waals surface area contributed by atoms with E-state index in [1.165, 1.54) is 5.84 Å². The fourth-order valence-corrected chi connectivity index (χ4v) is 2.71. The van der Waals surface area contributed by atoms with Crippen LogP contribution >= 0.6 is 11.6 Å². The molecule has 1 aromatic heterocycles. The largest absolute Gasteiger partial charge is 0.424 e.